The van der Waals surface area contributed by atoms with Gasteiger partial charge in [0, 0.05) is 42.6 Å². The van der Waals surface area contributed by atoms with Crippen LogP contribution in [0.25, 0.3) is 10.9 Å². The molecule has 0 atom stereocenters. The lowest BCUT2D eigenvalue weighted by molar-refractivity contribution is 0.0695. The maximum Gasteiger partial charge on any atom is 0.254 e. The van der Waals surface area contributed by atoms with Gasteiger partial charge >= 0.3 is 0 Å². The smallest absolute Gasteiger partial charge is 0.254 e. The summed E-state index contributed by atoms with van der Waals surface area (Å²) in [6.45, 7) is 3.78. The van der Waals surface area contributed by atoms with Crippen LogP contribution in [-0.2, 0) is 14.8 Å². The Morgan fingerprint density at radius 2 is 1.90 bits per heavy atom. The molecule has 1 N–H and O–H groups in total. The average molecular weight is 434 g/mol. The van der Waals surface area contributed by atoms with Crippen molar-refractivity contribution in [2.24, 2.45) is 0 Å². The minimum Gasteiger partial charge on any atom is -0.379 e. The zero-order chi connectivity index (χ0) is 21.3. The lowest BCUT2D eigenvalue weighted by Crippen LogP contribution is -2.40. The number of hydrogen-bond donors (Lipinski definition) is 1. The Bertz CT molecular complexity index is 1100. The number of hydrogen-bond acceptors (Lipinski definition) is 5. The molecule has 0 radical (unpaired) electrons. The van der Waals surface area contributed by atoms with Crippen LogP contribution < -0.4 is 5.56 Å². The standard InChI is InChI=1S/C21H27N3O5S/c1-2-24(15-5-3-4-6-15)21(26)18-14-20(25)22-19-8-7-16(13-17(18)19)30(27,28)23-9-11-29-12-10-23/h7-8,13-15H,2-6,9-12H2,1H3,(H,22,25). The Morgan fingerprint density at radius 1 is 1.20 bits per heavy atom. The number of aromatic nitrogens is 1. The molecule has 2 aromatic rings. The van der Waals surface area contributed by atoms with Crippen molar-refractivity contribution in [2.45, 2.75) is 43.5 Å². The van der Waals surface area contributed by atoms with E-state index in [-0.39, 0.29) is 28.0 Å². The summed E-state index contributed by atoms with van der Waals surface area (Å²) >= 11 is 0. The molecule has 8 nitrogen and oxygen atoms in total. The topological polar surface area (TPSA) is 99.8 Å². The van der Waals surface area contributed by atoms with Crippen LogP contribution in [0.1, 0.15) is 43.0 Å². The number of carbonyl (C=O) groups is 1. The molecule has 1 aliphatic heterocycles. The fourth-order valence-electron chi connectivity index (χ4n) is 4.44. The number of H-pyrrole nitrogens is 1. The van der Waals surface area contributed by atoms with E-state index in [4.69, 9.17) is 4.74 Å². The molecule has 162 valence electrons. The average Bonchev–Trinajstić information content (AvgIpc) is 3.28. The normalized spacial score (nSPS) is 18.7. The quantitative estimate of drug-likeness (QED) is 0.777. The molecule has 9 heteroatoms. The number of sulfonamides is 1. The number of carbonyl (C=O) groups excluding carboxylic acids is 1. The maximum atomic E-state index is 13.4. The number of nitrogens with one attached hydrogen (secondary N) is 1. The number of ether oxygens (including phenoxy) is 1. The fraction of sp³-hybridized carbons (Fsp3) is 0.524. The van der Waals surface area contributed by atoms with Crippen LogP contribution in [0, 0.1) is 0 Å². The minimum absolute atomic E-state index is 0.113. The van der Waals surface area contributed by atoms with Gasteiger partial charge in [0.1, 0.15) is 0 Å². The summed E-state index contributed by atoms with van der Waals surface area (Å²) in [5.74, 6) is -0.221. The van der Waals surface area contributed by atoms with Gasteiger partial charge < -0.3 is 14.6 Å². The highest BCUT2D eigenvalue weighted by Crippen LogP contribution is 2.28. The van der Waals surface area contributed by atoms with Gasteiger partial charge in [-0.25, -0.2) is 8.42 Å². The second kappa shape index (κ2) is 8.49. The van der Waals surface area contributed by atoms with Gasteiger partial charge in [0.25, 0.3) is 5.91 Å². The summed E-state index contributed by atoms with van der Waals surface area (Å²) in [5, 5.41) is 0.449. The molecule has 1 aliphatic carbocycles. The highest BCUT2D eigenvalue weighted by atomic mass is 32.2. The lowest BCUT2D eigenvalue weighted by atomic mass is 10.1. The predicted octanol–water partition coefficient (Wildman–Crippen LogP) is 1.95. The van der Waals surface area contributed by atoms with Crippen LogP contribution in [0.5, 0.6) is 0 Å². The number of pyridine rings is 1. The van der Waals surface area contributed by atoms with Gasteiger partial charge in [-0.2, -0.15) is 4.31 Å². The Labute approximate surface area is 175 Å². The van der Waals surface area contributed by atoms with Crippen molar-refractivity contribution >= 4 is 26.8 Å². The van der Waals surface area contributed by atoms with Gasteiger partial charge in [-0.15, -0.1) is 0 Å². The molecule has 4 rings (SSSR count). The number of nitrogens with zero attached hydrogens (tertiary/aromatic N) is 2. The summed E-state index contributed by atoms with van der Waals surface area (Å²) in [7, 11) is -3.71. The molecule has 2 fully saturated rings. The van der Waals surface area contributed by atoms with Crippen molar-refractivity contribution in [3.63, 3.8) is 0 Å². The zero-order valence-electron chi connectivity index (χ0n) is 17.1. The first-order valence-electron chi connectivity index (χ1n) is 10.5. The maximum absolute atomic E-state index is 13.4. The molecule has 0 spiro atoms. The lowest BCUT2D eigenvalue weighted by Gasteiger charge is -2.28. The second-order valence-electron chi connectivity index (χ2n) is 7.80. The largest absolute Gasteiger partial charge is 0.379 e. The molecular formula is C21H27N3O5S. The Kier molecular flexibility index (Phi) is 5.95. The van der Waals surface area contributed by atoms with Crippen LogP contribution >= 0.6 is 0 Å². The van der Waals surface area contributed by atoms with Crippen molar-refractivity contribution in [3.8, 4) is 0 Å². The summed E-state index contributed by atoms with van der Waals surface area (Å²) < 4.78 is 32.8. The third-order valence-electron chi connectivity index (χ3n) is 6.02. The monoisotopic (exact) mass is 433 g/mol. The van der Waals surface area contributed by atoms with Crippen LogP contribution in [0.15, 0.2) is 34.0 Å². The first-order valence-corrected chi connectivity index (χ1v) is 11.9. The third kappa shape index (κ3) is 3.89. The molecule has 0 unspecified atom stereocenters. The molecule has 2 aliphatic rings. The molecule has 1 amide bonds. The van der Waals surface area contributed by atoms with E-state index in [2.05, 4.69) is 4.98 Å². The first-order chi connectivity index (χ1) is 14.4. The molecule has 1 aromatic heterocycles. The molecule has 1 saturated heterocycles. The molecule has 1 aromatic carbocycles. The van der Waals surface area contributed by atoms with Gasteiger partial charge in [-0.3, -0.25) is 9.59 Å². The van der Waals surface area contributed by atoms with E-state index in [0.29, 0.717) is 43.8 Å². The van der Waals surface area contributed by atoms with Crippen molar-refractivity contribution in [1.82, 2.24) is 14.2 Å². The number of morpholine rings is 1. The number of rotatable bonds is 5. The number of amides is 1. The van der Waals surface area contributed by atoms with E-state index in [1.54, 1.807) is 6.07 Å². The molecule has 0 bridgehead atoms. The highest BCUT2D eigenvalue weighted by molar-refractivity contribution is 7.89. The predicted molar refractivity (Wildman–Crippen MR) is 113 cm³/mol. The summed E-state index contributed by atoms with van der Waals surface area (Å²) in [6.07, 6.45) is 4.09. The first kappa shape index (κ1) is 21.0. The van der Waals surface area contributed by atoms with Crippen molar-refractivity contribution in [2.75, 3.05) is 32.8 Å². The van der Waals surface area contributed by atoms with E-state index >= 15 is 0 Å². The van der Waals surface area contributed by atoms with E-state index in [9.17, 15) is 18.0 Å². The van der Waals surface area contributed by atoms with Crippen LogP contribution in [-0.4, -0.2) is 67.4 Å². The molecule has 2 heterocycles. The molecule has 30 heavy (non-hydrogen) atoms. The van der Waals surface area contributed by atoms with Gasteiger partial charge in [-0.05, 0) is 38.0 Å². The second-order valence-corrected chi connectivity index (χ2v) is 9.74. The van der Waals surface area contributed by atoms with Crippen molar-refractivity contribution in [1.29, 1.82) is 0 Å². The van der Waals surface area contributed by atoms with E-state index in [1.807, 2.05) is 11.8 Å². The van der Waals surface area contributed by atoms with Gasteiger partial charge in [0.2, 0.25) is 15.6 Å². The van der Waals surface area contributed by atoms with Crippen molar-refractivity contribution in [3.05, 3.63) is 40.2 Å². The van der Waals surface area contributed by atoms with Crippen molar-refractivity contribution < 1.29 is 17.9 Å². The van der Waals surface area contributed by atoms with Gasteiger partial charge in [-0.1, -0.05) is 12.8 Å². The zero-order valence-corrected chi connectivity index (χ0v) is 17.9. The number of aromatic amines is 1. The van der Waals surface area contributed by atoms with Crippen LogP contribution in [0.3, 0.4) is 0 Å². The van der Waals surface area contributed by atoms with Crippen LogP contribution in [0.4, 0.5) is 0 Å². The molecular weight excluding hydrogens is 406 g/mol. The SMILES string of the molecule is CCN(C(=O)c1cc(=O)[nH]c2ccc(S(=O)(=O)N3CCOCC3)cc12)C1CCCC1. The third-order valence-corrected chi connectivity index (χ3v) is 7.91. The Hall–Kier alpha value is -2.23. The van der Waals surface area contributed by atoms with Gasteiger partial charge in [0.05, 0.1) is 23.7 Å². The number of fused-ring (bicyclic) bond motifs is 1. The highest BCUT2D eigenvalue weighted by Gasteiger charge is 2.29. The van der Waals surface area contributed by atoms with E-state index in [1.165, 1.54) is 22.5 Å². The Morgan fingerprint density at radius 3 is 2.57 bits per heavy atom. The van der Waals surface area contributed by atoms with Gasteiger partial charge in [0.15, 0.2) is 0 Å². The molecule has 1 saturated carbocycles. The summed E-state index contributed by atoms with van der Waals surface area (Å²) in [4.78, 5) is 30.2. The van der Waals surface area contributed by atoms with Crippen LogP contribution in [0.2, 0.25) is 0 Å². The van der Waals surface area contributed by atoms with E-state index in [0.717, 1.165) is 25.7 Å². The summed E-state index contributed by atoms with van der Waals surface area (Å²) in [6, 6.07) is 6.00. The summed E-state index contributed by atoms with van der Waals surface area (Å²) in [5.41, 5.74) is 0.327. The van der Waals surface area contributed by atoms with E-state index < -0.39 is 10.0 Å². The minimum atomic E-state index is -3.71. The fourth-order valence-corrected chi connectivity index (χ4v) is 5.88. The Balaban J connectivity index is 1.78. The number of benzene rings is 1.